The maximum absolute atomic E-state index is 11.8. The zero-order chi connectivity index (χ0) is 18.8. The van der Waals surface area contributed by atoms with Crippen LogP contribution in [0.25, 0.3) is 0 Å². The van der Waals surface area contributed by atoms with E-state index in [1.54, 1.807) is 13.4 Å². The van der Waals surface area contributed by atoms with Crippen LogP contribution in [-0.2, 0) is 19.5 Å². The van der Waals surface area contributed by atoms with Gasteiger partial charge in [-0.25, -0.2) is 0 Å². The lowest BCUT2D eigenvalue weighted by Crippen LogP contribution is -2.38. The van der Waals surface area contributed by atoms with Crippen molar-refractivity contribution in [3.63, 3.8) is 0 Å². The SMILES string of the molecule is CCNC(=O)c1ccc(CNC(=NC)NCCn2cnnc2CC)cc1. The first kappa shape index (κ1) is 19.4. The van der Waals surface area contributed by atoms with Crippen LogP contribution in [0.3, 0.4) is 0 Å². The van der Waals surface area contributed by atoms with Crippen molar-refractivity contribution in [2.24, 2.45) is 4.99 Å². The Hall–Kier alpha value is -2.90. The summed E-state index contributed by atoms with van der Waals surface area (Å²) in [5.41, 5.74) is 1.74. The molecule has 8 heteroatoms. The number of aromatic nitrogens is 3. The number of nitrogens with one attached hydrogen (secondary N) is 3. The first-order valence-electron chi connectivity index (χ1n) is 8.86. The van der Waals surface area contributed by atoms with Gasteiger partial charge in [-0.15, -0.1) is 10.2 Å². The summed E-state index contributed by atoms with van der Waals surface area (Å²) < 4.78 is 2.03. The number of hydrogen-bond acceptors (Lipinski definition) is 4. The number of carbonyl (C=O) groups is 1. The summed E-state index contributed by atoms with van der Waals surface area (Å²) in [4.78, 5) is 16.0. The van der Waals surface area contributed by atoms with Gasteiger partial charge < -0.3 is 20.5 Å². The molecule has 0 aliphatic heterocycles. The average molecular weight is 357 g/mol. The molecule has 0 radical (unpaired) electrons. The number of aliphatic imine (C=N–C) groups is 1. The minimum Gasteiger partial charge on any atom is -0.355 e. The molecule has 2 rings (SSSR count). The van der Waals surface area contributed by atoms with E-state index in [0.717, 1.165) is 36.9 Å². The summed E-state index contributed by atoms with van der Waals surface area (Å²) in [5.74, 6) is 1.65. The van der Waals surface area contributed by atoms with E-state index in [1.807, 2.05) is 35.8 Å². The molecule has 0 saturated heterocycles. The third kappa shape index (κ3) is 5.58. The number of aryl methyl sites for hydroxylation is 1. The lowest BCUT2D eigenvalue weighted by Gasteiger charge is -2.13. The number of carbonyl (C=O) groups excluding carboxylic acids is 1. The van der Waals surface area contributed by atoms with Crippen molar-refractivity contribution in [2.75, 3.05) is 20.1 Å². The van der Waals surface area contributed by atoms with Crippen molar-refractivity contribution in [3.05, 3.63) is 47.5 Å². The van der Waals surface area contributed by atoms with Crippen molar-refractivity contribution < 1.29 is 4.79 Å². The van der Waals surface area contributed by atoms with E-state index in [2.05, 4.69) is 38.1 Å². The van der Waals surface area contributed by atoms with Crippen LogP contribution in [0.15, 0.2) is 35.6 Å². The summed E-state index contributed by atoms with van der Waals surface area (Å²) in [6, 6.07) is 7.54. The van der Waals surface area contributed by atoms with Crippen LogP contribution in [0.4, 0.5) is 0 Å². The van der Waals surface area contributed by atoms with Gasteiger partial charge in [0, 0.05) is 45.2 Å². The molecule has 8 nitrogen and oxygen atoms in total. The molecular weight excluding hydrogens is 330 g/mol. The fourth-order valence-electron chi connectivity index (χ4n) is 2.48. The molecule has 0 unspecified atom stereocenters. The van der Waals surface area contributed by atoms with Gasteiger partial charge in [-0.1, -0.05) is 19.1 Å². The highest BCUT2D eigenvalue weighted by molar-refractivity contribution is 5.94. The number of nitrogens with zero attached hydrogens (tertiary/aromatic N) is 4. The van der Waals surface area contributed by atoms with Crippen LogP contribution in [-0.4, -0.2) is 46.8 Å². The summed E-state index contributed by atoms with van der Waals surface area (Å²) >= 11 is 0. The molecule has 3 N–H and O–H groups in total. The van der Waals surface area contributed by atoms with Gasteiger partial charge in [-0.2, -0.15) is 0 Å². The zero-order valence-corrected chi connectivity index (χ0v) is 15.6. The maximum atomic E-state index is 11.8. The lowest BCUT2D eigenvalue weighted by atomic mass is 10.1. The van der Waals surface area contributed by atoms with Gasteiger partial charge in [-0.3, -0.25) is 9.79 Å². The van der Waals surface area contributed by atoms with Crippen LogP contribution < -0.4 is 16.0 Å². The molecule has 26 heavy (non-hydrogen) atoms. The molecule has 1 amide bonds. The number of rotatable bonds is 8. The zero-order valence-electron chi connectivity index (χ0n) is 15.6. The second-order valence-corrected chi connectivity index (χ2v) is 5.70. The number of guanidine groups is 1. The minimum atomic E-state index is -0.0510. The highest BCUT2D eigenvalue weighted by atomic mass is 16.1. The summed E-state index contributed by atoms with van der Waals surface area (Å²) in [6.45, 7) is 6.72. The van der Waals surface area contributed by atoms with Crippen molar-refractivity contribution in [1.82, 2.24) is 30.7 Å². The highest BCUT2D eigenvalue weighted by Crippen LogP contribution is 2.04. The number of amides is 1. The van der Waals surface area contributed by atoms with Crippen molar-refractivity contribution in [1.29, 1.82) is 0 Å². The maximum Gasteiger partial charge on any atom is 0.251 e. The molecule has 0 fully saturated rings. The van der Waals surface area contributed by atoms with Gasteiger partial charge in [0.25, 0.3) is 5.91 Å². The molecular formula is C18H27N7O. The molecule has 140 valence electrons. The van der Waals surface area contributed by atoms with E-state index < -0.39 is 0 Å². The molecule has 0 aliphatic carbocycles. The number of hydrogen-bond donors (Lipinski definition) is 3. The van der Waals surface area contributed by atoms with E-state index in [0.29, 0.717) is 18.7 Å². The second-order valence-electron chi connectivity index (χ2n) is 5.70. The van der Waals surface area contributed by atoms with Crippen LogP contribution in [0, 0.1) is 0 Å². The monoisotopic (exact) mass is 357 g/mol. The topological polar surface area (TPSA) is 96.2 Å². The smallest absolute Gasteiger partial charge is 0.251 e. The Balaban J connectivity index is 1.78. The molecule has 2 aromatic rings. The van der Waals surface area contributed by atoms with Gasteiger partial charge >= 0.3 is 0 Å². The Morgan fingerprint density at radius 2 is 1.92 bits per heavy atom. The van der Waals surface area contributed by atoms with Gasteiger partial charge in [0.05, 0.1) is 0 Å². The van der Waals surface area contributed by atoms with Crippen molar-refractivity contribution in [2.45, 2.75) is 33.4 Å². The lowest BCUT2D eigenvalue weighted by molar-refractivity contribution is 0.0956. The van der Waals surface area contributed by atoms with Gasteiger partial charge in [0.2, 0.25) is 0 Å². The van der Waals surface area contributed by atoms with E-state index in [1.165, 1.54) is 0 Å². The predicted molar refractivity (Wildman–Crippen MR) is 102 cm³/mol. The Labute approximate surface area is 154 Å². The summed E-state index contributed by atoms with van der Waals surface area (Å²) in [6.07, 6.45) is 2.60. The molecule has 0 aliphatic rings. The molecule has 1 heterocycles. The molecule has 0 saturated carbocycles. The van der Waals surface area contributed by atoms with Crippen LogP contribution >= 0.6 is 0 Å². The van der Waals surface area contributed by atoms with Crippen LogP contribution in [0.1, 0.15) is 35.6 Å². The molecule has 0 bridgehead atoms. The highest BCUT2D eigenvalue weighted by Gasteiger charge is 2.05. The van der Waals surface area contributed by atoms with Gasteiger partial charge in [-0.05, 0) is 24.6 Å². The van der Waals surface area contributed by atoms with Crippen molar-refractivity contribution in [3.8, 4) is 0 Å². The molecule has 1 aromatic carbocycles. The standard InChI is InChI=1S/C18H27N7O/c1-4-16-24-23-13-25(16)11-10-21-18(19-3)22-12-14-6-8-15(9-7-14)17(26)20-5-2/h6-9,13H,4-5,10-12H2,1-3H3,(H,20,26)(H2,19,21,22). The summed E-state index contributed by atoms with van der Waals surface area (Å²) in [5, 5.41) is 17.3. The van der Waals surface area contributed by atoms with Gasteiger partial charge in [0.1, 0.15) is 12.2 Å². The quantitative estimate of drug-likeness (QED) is 0.483. The predicted octanol–water partition coefficient (Wildman–Crippen LogP) is 0.955. The third-order valence-corrected chi connectivity index (χ3v) is 3.89. The van der Waals surface area contributed by atoms with Crippen molar-refractivity contribution >= 4 is 11.9 Å². The molecule has 0 spiro atoms. The minimum absolute atomic E-state index is 0.0510. The fourth-order valence-corrected chi connectivity index (χ4v) is 2.48. The normalized spacial score (nSPS) is 11.3. The van der Waals surface area contributed by atoms with Crippen LogP contribution in [0.5, 0.6) is 0 Å². The largest absolute Gasteiger partial charge is 0.355 e. The van der Waals surface area contributed by atoms with E-state index in [-0.39, 0.29) is 5.91 Å². The Morgan fingerprint density at radius 3 is 2.58 bits per heavy atom. The number of benzene rings is 1. The Kier molecular flexibility index (Phi) is 7.60. The first-order chi connectivity index (χ1) is 12.7. The Bertz CT molecular complexity index is 721. The van der Waals surface area contributed by atoms with E-state index in [4.69, 9.17) is 0 Å². The first-order valence-corrected chi connectivity index (χ1v) is 8.86. The van der Waals surface area contributed by atoms with E-state index in [9.17, 15) is 4.79 Å². The third-order valence-electron chi connectivity index (χ3n) is 3.89. The average Bonchev–Trinajstić information content (AvgIpc) is 3.12. The van der Waals surface area contributed by atoms with E-state index >= 15 is 0 Å². The molecule has 1 aromatic heterocycles. The molecule has 0 atom stereocenters. The Morgan fingerprint density at radius 1 is 1.15 bits per heavy atom. The van der Waals surface area contributed by atoms with Crippen LogP contribution in [0.2, 0.25) is 0 Å². The van der Waals surface area contributed by atoms with Gasteiger partial charge in [0.15, 0.2) is 5.96 Å². The summed E-state index contributed by atoms with van der Waals surface area (Å²) in [7, 11) is 1.74. The second kappa shape index (κ2) is 10.2. The fraction of sp³-hybridized carbons (Fsp3) is 0.444.